The SMILES string of the molecule is Cc1c[nH]c(C)c1-c1cc2ncnc(N[C@@H](C)CN3CCNCC3)c2s1. The monoisotopic (exact) mass is 370 g/mol. The smallest absolute Gasteiger partial charge is 0.147 e. The Morgan fingerprint density at radius 3 is 2.81 bits per heavy atom. The molecule has 3 N–H and O–H groups in total. The van der Waals surface area contributed by atoms with Gasteiger partial charge in [-0.15, -0.1) is 11.3 Å². The van der Waals surface area contributed by atoms with E-state index in [1.807, 2.05) is 0 Å². The van der Waals surface area contributed by atoms with E-state index in [1.54, 1.807) is 17.7 Å². The summed E-state index contributed by atoms with van der Waals surface area (Å²) in [5, 5.41) is 7.01. The first kappa shape index (κ1) is 17.5. The largest absolute Gasteiger partial charge is 0.365 e. The van der Waals surface area contributed by atoms with Crippen molar-refractivity contribution < 1.29 is 0 Å². The first-order chi connectivity index (χ1) is 12.6. The second-order valence-electron chi connectivity index (χ2n) is 7.11. The molecule has 1 aliphatic rings. The molecular weight excluding hydrogens is 344 g/mol. The van der Waals surface area contributed by atoms with Crippen molar-refractivity contribution in [3.63, 3.8) is 0 Å². The second kappa shape index (κ2) is 7.34. The van der Waals surface area contributed by atoms with Gasteiger partial charge in [0, 0.05) is 61.1 Å². The number of thiophene rings is 1. The molecule has 1 fully saturated rings. The fourth-order valence-corrected chi connectivity index (χ4v) is 4.91. The Bertz CT molecular complexity index is 873. The molecule has 26 heavy (non-hydrogen) atoms. The third-order valence-corrected chi connectivity index (χ3v) is 6.11. The number of rotatable bonds is 5. The van der Waals surface area contributed by atoms with E-state index in [0.717, 1.165) is 48.8 Å². The summed E-state index contributed by atoms with van der Waals surface area (Å²) in [5.74, 6) is 0.944. The maximum absolute atomic E-state index is 4.53. The highest BCUT2D eigenvalue weighted by molar-refractivity contribution is 7.22. The van der Waals surface area contributed by atoms with Gasteiger partial charge in [-0.05, 0) is 32.4 Å². The molecule has 6 nitrogen and oxygen atoms in total. The molecule has 0 aromatic carbocycles. The molecule has 1 atom stereocenters. The van der Waals surface area contributed by atoms with E-state index in [1.165, 1.54) is 21.7 Å². The number of aromatic amines is 1. The highest BCUT2D eigenvalue weighted by Gasteiger charge is 2.17. The standard InChI is InChI=1S/C19H26N6S/c1-12-9-21-14(3)17(12)16-8-15-18(26-16)19(23-11-22-15)24-13(2)10-25-6-4-20-5-7-25/h8-9,11,13,20-21H,4-7,10H2,1-3H3,(H,22,23,24)/t13-/m0/s1. The normalized spacial score (nSPS) is 16.9. The van der Waals surface area contributed by atoms with Crippen LogP contribution in [0, 0.1) is 13.8 Å². The van der Waals surface area contributed by atoms with Crippen LogP contribution >= 0.6 is 11.3 Å². The summed E-state index contributed by atoms with van der Waals surface area (Å²) in [6.07, 6.45) is 3.73. The number of fused-ring (bicyclic) bond motifs is 1. The topological polar surface area (TPSA) is 68.9 Å². The van der Waals surface area contributed by atoms with Crippen LogP contribution in [-0.4, -0.2) is 58.6 Å². The Morgan fingerprint density at radius 2 is 2.08 bits per heavy atom. The highest BCUT2D eigenvalue weighted by atomic mass is 32.1. The maximum atomic E-state index is 4.53. The third-order valence-electron chi connectivity index (χ3n) is 4.96. The van der Waals surface area contributed by atoms with Crippen molar-refractivity contribution >= 4 is 27.4 Å². The molecule has 138 valence electrons. The lowest BCUT2D eigenvalue weighted by atomic mass is 10.1. The molecule has 1 saturated heterocycles. The van der Waals surface area contributed by atoms with Gasteiger partial charge in [0.2, 0.25) is 0 Å². The van der Waals surface area contributed by atoms with Gasteiger partial charge in [0.05, 0.1) is 10.2 Å². The Hall–Kier alpha value is -1.96. The number of piperazine rings is 1. The Morgan fingerprint density at radius 1 is 1.27 bits per heavy atom. The zero-order valence-electron chi connectivity index (χ0n) is 15.6. The maximum Gasteiger partial charge on any atom is 0.147 e. The van der Waals surface area contributed by atoms with Crippen LogP contribution in [0.15, 0.2) is 18.6 Å². The minimum atomic E-state index is 0.340. The zero-order valence-corrected chi connectivity index (χ0v) is 16.4. The predicted octanol–water partition coefficient (Wildman–Crippen LogP) is 3.01. The van der Waals surface area contributed by atoms with E-state index in [-0.39, 0.29) is 0 Å². The zero-order chi connectivity index (χ0) is 18.1. The molecule has 4 heterocycles. The number of H-pyrrole nitrogens is 1. The minimum Gasteiger partial charge on any atom is -0.365 e. The van der Waals surface area contributed by atoms with Gasteiger partial charge in [0.15, 0.2) is 0 Å². The van der Waals surface area contributed by atoms with Crippen molar-refractivity contribution in [2.75, 3.05) is 38.0 Å². The van der Waals surface area contributed by atoms with Crippen LogP contribution in [0.3, 0.4) is 0 Å². The lowest BCUT2D eigenvalue weighted by Gasteiger charge is -2.30. The van der Waals surface area contributed by atoms with Gasteiger partial charge in [0.1, 0.15) is 12.1 Å². The number of hydrogen-bond acceptors (Lipinski definition) is 6. The molecule has 7 heteroatoms. The predicted molar refractivity (Wildman–Crippen MR) is 109 cm³/mol. The number of nitrogens with zero attached hydrogens (tertiary/aromatic N) is 3. The van der Waals surface area contributed by atoms with E-state index in [9.17, 15) is 0 Å². The summed E-state index contributed by atoms with van der Waals surface area (Å²) in [7, 11) is 0. The van der Waals surface area contributed by atoms with Gasteiger partial charge in [-0.2, -0.15) is 0 Å². The summed E-state index contributed by atoms with van der Waals surface area (Å²) in [6, 6.07) is 2.52. The summed E-state index contributed by atoms with van der Waals surface area (Å²) in [6.45, 7) is 11.9. The fourth-order valence-electron chi connectivity index (χ4n) is 3.68. The van der Waals surface area contributed by atoms with Crippen molar-refractivity contribution in [2.45, 2.75) is 26.8 Å². The van der Waals surface area contributed by atoms with Crippen molar-refractivity contribution in [1.29, 1.82) is 0 Å². The van der Waals surface area contributed by atoms with Gasteiger partial charge in [-0.3, -0.25) is 4.90 Å². The van der Waals surface area contributed by atoms with E-state index in [4.69, 9.17) is 0 Å². The van der Waals surface area contributed by atoms with Gasteiger partial charge < -0.3 is 15.6 Å². The fraction of sp³-hybridized carbons (Fsp3) is 0.474. The minimum absolute atomic E-state index is 0.340. The summed E-state index contributed by atoms with van der Waals surface area (Å²) in [5.41, 5.74) is 4.76. The quantitative estimate of drug-likeness (QED) is 0.644. The molecule has 3 aromatic rings. The lowest BCUT2D eigenvalue weighted by Crippen LogP contribution is -2.47. The third kappa shape index (κ3) is 3.47. The van der Waals surface area contributed by atoms with Crippen molar-refractivity contribution in [3.05, 3.63) is 29.8 Å². The summed E-state index contributed by atoms with van der Waals surface area (Å²) >= 11 is 1.77. The molecular formula is C19H26N6S. The van der Waals surface area contributed by atoms with E-state index >= 15 is 0 Å². The van der Waals surface area contributed by atoms with Gasteiger partial charge in [-0.1, -0.05) is 0 Å². The second-order valence-corrected chi connectivity index (χ2v) is 8.17. The number of anilines is 1. The van der Waals surface area contributed by atoms with Crippen molar-refractivity contribution in [2.24, 2.45) is 0 Å². The molecule has 4 rings (SSSR count). The van der Waals surface area contributed by atoms with Crippen LogP contribution in [-0.2, 0) is 0 Å². The Labute approximate surface area is 158 Å². The molecule has 0 unspecified atom stereocenters. The van der Waals surface area contributed by atoms with Crippen LogP contribution < -0.4 is 10.6 Å². The highest BCUT2D eigenvalue weighted by Crippen LogP contribution is 2.38. The van der Waals surface area contributed by atoms with E-state index in [2.05, 4.69) is 63.5 Å². The lowest BCUT2D eigenvalue weighted by molar-refractivity contribution is 0.235. The van der Waals surface area contributed by atoms with Gasteiger partial charge in [-0.25, -0.2) is 9.97 Å². The average Bonchev–Trinajstić information content (AvgIpc) is 3.19. The molecule has 0 saturated carbocycles. The molecule has 0 aliphatic carbocycles. The molecule has 0 radical (unpaired) electrons. The Kier molecular flexibility index (Phi) is 4.93. The van der Waals surface area contributed by atoms with Crippen LogP contribution in [0.25, 0.3) is 20.7 Å². The van der Waals surface area contributed by atoms with Crippen LogP contribution in [0.2, 0.25) is 0 Å². The molecule has 3 aromatic heterocycles. The van der Waals surface area contributed by atoms with Crippen molar-refractivity contribution in [1.82, 2.24) is 25.2 Å². The number of hydrogen-bond donors (Lipinski definition) is 3. The molecule has 0 bridgehead atoms. The number of aromatic nitrogens is 3. The van der Waals surface area contributed by atoms with Gasteiger partial charge >= 0.3 is 0 Å². The van der Waals surface area contributed by atoms with Gasteiger partial charge in [0.25, 0.3) is 0 Å². The first-order valence-electron chi connectivity index (χ1n) is 9.21. The van der Waals surface area contributed by atoms with Crippen molar-refractivity contribution in [3.8, 4) is 10.4 Å². The Balaban J connectivity index is 1.57. The molecule has 1 aliphatic heterocycles. The van der Waals surface area contributed by atoms with Crippen LogP contribution in [0.4, 0.5) is 5.82 Å². The average molecular weight is 371 g/mol. The number of aryl methyl sites for hydroxylation is 2. The van der Waals surface area contributed by atoms with E-state index in [0.29, 0.717) is 6.04 Å². The number of nitrogens with one attached hydrogen (secondary N) is 3. The molecule has 0 amide bonds. The molecule has 0 spiro atoms. The van der Waals surface area contributed by atoms with Crippen LogP contribution in [0.1, 0.15) is 18.2 Å². The first-order valence-corrected chi connectivity index (χ1v) is 10.0. The summed E-state index contributed by atoms with van der Waals surface area (Å²) < 4.78 is 1.13. The van der Waals surface area contributed by atoms with Crippen LogP contribution in [0.5, 0.6) is 0 Å². The van der Waals surface area contributed by atoms with E-state index < -0.39 is 0 Å². The summed E-state index contributed by atoms with van der Waals surface area (Å²) in [4.78, 5) is 16.1.